The number of carbonyl (C=O) groups is 1. The first kappa shape index (κ1) is 17.3. The molecule has 132 valence electrons. The summed E-state index contributed by atoms with van der Waals surface area (Å²) in [5.74, 6) is 0.0521. The SMILES string of the molecule is O=CC[C@@H]1OC[C@H](OC2CCCCO2)[C@H]1COC1CCCCO1. The summed E-state index contributed by atoms with van der Waals surface area (Å²) in [6.45, 7) is 2.52. The molecule has 23 heavy (non-hydrogen) atoms. The monoisotopic (exact) mass is 328 g/mol. The maximum absolute atomic E-state index is 10.9. The fourth-order valence-electron chi connectivity index (χ4n) is 3.47. The second kappa shape index (κ2) is 9.08. The first-order valence-corrected chi connectivity index (χ1v) is 8.92. The van der Waals surface area contributed by atoms with Gasteiger partial charge >= 0.3 is 0 Å². The van der Waals surface area contributed by atoms with E-state index in [1.54, 1.807) is 0 Å². The standard InChI is InChI=1S/C17H28O6/c18-8-7-14-13(11-22-16-5-1-3-9-19-16)15(12-21-14)23-17-6-2-4-10-20-17/h8,13-17H,1-7,9-12H2/t13-,14-,15-,16?,17?/m0/s1. The van der Waals surface area contributed by atoms with E-state index in [0.717, 1.165) is 58.0 Å². The van der Waals surface area contributed by atoms with Crippen molar-refractivity contribution >= 4 is 6.29 Å². The molecule has 3 rings (SSSR count). The van der Waals surface area contributed by atoms with Gasteiger partial charge in [-0.2, -0.15) is 0 Å². The van der Waals surface area contributed by atoms with Gasteiger partial charge in [-0.1, -0.05) is 0 Å². The molecule has 0 aromatic heterocycles. The summed E-state index contributed by atoms with van der Waals surface area (Å²) in [6, 6.07) is 0. The van der Waals surface area contributed by atoms with E-state index >= 15 is 0 Å². The lowest BCUT2D eigenvalue weighted by atomic mass is 9.97. The van der Waals surface area contributed by atoms with Gasteiger partial charge < -0.3 is 28.5 Å². The van der Waals surface area contributed by atoms with Gasteiger partial charge in [0, 0.05) is 25.6 Å². The van der Waals surface area contributed by atoms with Gasteiger partial charge in [0.2, 0.25) is 0 Å². The third kappa shape index (κ3) is 4.97. The minimum absolute atomic E-state index is 0.0521. The summed E-state index contributed by atoms with van der Waals surface area (Å²) < 4.78 is 29.1. The molecule has 0 aromatic carbocycles. The van der Waals surface area contributed by atoms with E-state index in [1.807, 2.05) is 0 Å². The maximum atomic E-state index is 10.9. The number of ether oxygens (including phenoxy) is 5. The molecule has 0 saturated carbocycles. The molecule has 0 bridgehead atoms. The number of carbonyl (C=O) groups excluding carboxylic acids is 1. The second-order valence-corrected chi connectivity index (χ2v) is 6.54. The van der Waals surface area contributed by atoms with E-state index in [1.165, 1.54) is 0 Å². The van der Waals surface area contributed by atoms with Crippen LogP contribution in [0.5, 0.6) is 0 Å². The molecule has 0 N–H and O–H groups in total. The number of aldehydes is 1. The molecular weight excluding hydrogens is 300 g/mol. The first-order valence-electron chi connectivity index (χ1n) is 8.92. The highest BCUT2D eigenvalue weighted by Gasteiger charge is 2.40. The predicted octanol–water partition coefficient (Wildman–Crippen LogP) is 2.05. The van der Waals surface area contributed by atoms with Gasteiger partial charge in [0.15, 0.2) is 12.6 Å². The largest absolute Gasteiger partial charge is 0.375 e. The molecule has 5 atom stereocenters. The lowest BCUT2D eigenvalue weighted by molar-refractivity contribution is -0.208. The van der Waals surface area contributed by atoms with Crippen molar-refractivity contribution in [3.05, 3.63) is 0 Å². The summed E-state index contributed by atoms with van der Waals surface area (Å²) in [6.07, 6.45) is 7.12. The Labute approximate surface area is 137 Å². The number of rotatable bonds is 7. The van der Waals surface area contributed by atoms with E-state index in [9.17, 15) is 4.79 Å². The summed E-state index contributed by atoms with van der Waals surface area (Å²) >= 11 is 0. The van der Waals surface area contributed by atoms with Crippen LogP contribution in [-0.2, 0) is 28.5 Å². The van der Waals surface area contributed by atoms with Crippen LogP contribution in [0.3, 0.4) is 0 Å². The van der Waals surface area contributed by atoms with Crippen LogP contribution in [0.4, 0.5) is 0 Å². The quantitative estimate of drug-likeness (QED) is 0.667. The fourth-order valence-corrected chi connectivity index (χ4v) is 3.47. The van der Waals surface area contributed by atoms with Crippen molar-refractivity contribution in [1.29, 1.82) is 0 Å². The van der Waals surface area contributed by atoms with Crippen LogP contribution in [0.15, 0.2) is 0 Å². The molecular formula is C17H28O6. The Kier molecular flexibility index (Phi) is 6.83. The van der Waals surface area contributed by atoms with Gasteiger partial charge in [-0.3, -0.25) is 0 Å². The van der Waals surface area contributed by atoms with E-state index < -0.39 is 0 Å². The topological polar surface area (TPSA) is 63.2 Å². The van der Waals surface area contributed by atoms with E-state index in [0.29, 0.717) is 19.6 Å². The molecule has 6 heteroatoms. The number of hydrogen-bond acceptors (Lipinski definition) is 6. The van der Waals surface area contributed by atoms with Crippen molar-refractivity contribution in [1.82, 2.24) is 0 Å². The zero-order valence-electron chi connectivity index (χ0n) is 13.7. The van der Waals surface area contributed by atoms with Crippen LogP contribution in [0.1, 0.15) is 44.9 Å². The third-order valence-electron chi connectivity index (χ3n) is 4.84. The Bertz CT molecular complexity index is 351. The Morgan fingerprint density at radius 2 is 1.70 bits per heavy atom. The van der Waals surface area contributed by atoms with Gasteiger partial charge in [0.05, 0.1) is 25.4 Å². The lowest BCUT2D eigenvalue weighted by Gasteiger charge is -2.30. The van der Waals surface area contributed by atoms with E-state index in [-0.39, 0.29) is 30.7 Å². The van der Waals surface area contributed by atoms with Gasteiger partial charge in [-0.05, 0) is 38.5 Å². The van der Waals surface area contributed by atoms with Gasteiger partial charge in [0.25, 0.3) is 0 Å². The third-order valence-corrected chi connectivity index (χ3v) is 4.84. The van der Waals surface area contributed by atoms with Crippen molar-refractivity contribution < 1.29 is 28.5 Å². The summed E-state index contributed by atoms with van der Waals surface area (Å²) in [4.78, 5) is 10.9. The molecule has 3 aliphatic heterocycles. The van der Waals surface area contributed by atoms with Crippen molar-refractivity contribution in [2.45, 2.75) is 69.7 Å². The molecule has 2 unspecified atom stereocenters. The smallest absolute Gasteiger partial charge is 0.158 e. The average molecular weight is 328 g/mol. The fraction of sp³-hybridized carbons (Fsp3) is 0.941. The van der Waals surface area contributed by atoms with E-state index in [2.05, 4.69) is 0 Å². The highest BCUT2D eigenvalue weighted by molar-refractivity contribution is 5.50. The van der Waals surface area contributed by atoms with Crippen LogP contribution in [0.25, 0.3) is 0 Å². The van der Waals surface area contributed by atoms with Gasteiger partial charge in [0.1, 0.15) is 6.29 Å². The Morgan fingerprint density at radius 3 is 2.35 bits per heavy atom. The molecule has 3 aliphatic rings. The van der Waals surface area contributed by atoms with Crippen LogP contribution in [0, 0.1) is 5.92 Å². The average Bonchev–Trinajstić information content (AvgIpc) is 2.97. The van der Waals surface area contributed by atoms with Crippen molar-refractivity contribution in [3.8, 4) is 0 Å². The van der Waals surface area contributed by atoms with Gasteiger partial charge in [-0.25, -0.2) is 0 Å². The van der Waals surface area contributed by atoms with Gasteiger partial charge in [-0.15, -0.1) is 0 Å². The highest BCUT2D eigenvalue weighted by Crippen LogP contribution is 2.30. The molecule has 3 fully saturated rings. The molecule has 0 amide bonds. The lowest BCUT2D eigenvalue weighted by Crippen LogP contribution is -2.37. The van der Waals surface area contributed by atoms with E-state index in [4.69, 9.17) is 23.7 Å². The Morgan fingerprint density at radius 1 is 0.957 bits per heavy atom. The molecule has 0 aromatic rings. The van der Waals surface area contributed by atoms with Crippen molar-refractivity contribution in [2.75, 3.05) is 26.4 Å². The van der Waals surface area contributed by atoms with Crippen molar-refractivity contribution in [2.24, 2.45) is 5.92 Å². The zero-order valence-corrected chi connectivity index (χ0v) is 13.7. The normalized spacial score (nSPS) is 38.5. The first-order chi connectivity index (χ1) is 11.4. The van der Waals surface area contributed by atoms with Crippen LogP contribution >= 0.6 is 0 Å². The molecule has 0 spiro atoms. The number of hydrogen-bond donors (Lipinski definition) is 0. The summed E-state index contributed by atoms with van der Waals surface area (Å²) in [5.41, 5.74) is 0. The van der Waals surface area contributed by atoms with Crippen molar-refractivity contribution in [3.63, 3.8) is 0 Å². The Balaban J connectivity index is 1.52. The highest BCUT2D eigenvalue weighted by atomic mass is 16.7. The zero-order chi connectivity index (χ0) is 15.9. The second-order valence-electron chi connectivity index (χ2n) is 6.54. The Hall–Kier alpha value is -0.530. The minimum atomic E-state index is -0.152. The van der Waals surface area contributed by atoms with Crippen LogP contribution < -0.4 is 0 Å². The molecule has 3 heterocycles. The predicted molar refractivity (Wildman–Crippen MR) is 81.9 cm³/mol. The maximum Gasteiger partial charge on any atom is 0.158 e. The summed E-state index contributed by atoms with van der Waals surface area (Å²) in [7, 11) is 0. The molecule has 3 saturated heterocycles. The summed E-state index contributed by atoms with van der Waals surface area (Å²) in [5, 5.41) is 0. The molecule has 0 aliphatic carbocycles. The molecule has 6 nitrogen and oxygen atoms in total. The minimum Gasteiger partial charge on any atom is -0.375 e. The molecule has 0 radical (unpaired) electrons. The van der Waals surface area contributed by atoms with Crippen LogP contribution in [-0.4, -0.2) is 57.5 Å². The van der Waals surface area contributed by atoms with Crippen LogP contribution in [0.2, 0.25) is 0 Å².